The first-order valence-corrected chi connectivity index (χ1v) is 11.8. The van der Waals surface area contributed by atoms with Crippen LogP contribution in [0, 0.1) is 11.6 Å². The predicted octanol–water partition coefficient (Wildman–Crippen LogP) is 4.40. The summed E-state index contributed by atoms with van der Waals surface area (Å²) in [6.07, 6.45) is 4.82. The number of aryl methyl sites for hydroxylation is 1. The molecule has 5 aromatic rings. The molecule has 11 heteroatoms. The molecule has 0 saturated carbocycles. The first-order chi connectivity index (χ1) is 18.0. The molecule has 3 aromatic heterocycles. The number of anilines is 2. The van der Waals surface area contributed by atoms with Crippen molar-refractivity contribution in [3.8, 4) is 11.4 Å². The molecule has 1 aliphatic rings. The number of carbonyl (C=O) groups is 1. The van der Waals surface area contributed by atoms with Gasteiger partial charge in [0.25, 0.3) is 5.91 Å². The molecular weight excluding hydrogens is 478 g/mol. The third kappa shape index (κ3) is 4.18. The van der Waals surface area contributed by atoms with Crippen LogP contribution in [0.2, 0.25) is 0 Å². The molecule has 6 rings (SSSR count). The van der Waals surface area contributed by atoms with Crippen LogP contribution in [0.5, 0.6) is 0 Å². The SMILES string of the molecule is Cn1nnnc1-c1cccc(NC(=O)c2cnn3ccc(N4CCC[C@@H]4c4cc(F)ccc4F)cc23)c1. The largest absolute Gasteiger partial charge is 0.364 e. The quantitative estimate of drug-likeness (QED) is 0.385. The molecule has 4 heterocycles. The van der Waals surface area contributed by atoms with Crippen molar-refractivity contribution in [3.05, 3.63) is 89.8 Å². The Balaban J connectivity index is 1.29. The summed E-state index contributed by atoms with van der Waals surface area (Å²) in [5, 5.41) is 18.8. The van der Waals surface area contributed by atoms with E-state index in [1.165, 1.54) is 18.3 Å². The molecule has 1 saturated heterocycles. The van der Waals surface area contributed by atoms with Gasteiger partial charge in [0.2, 0.25) is 0 Å². The van der Waals surface area contributed by atoms with Gasteiger partial charge in [-0.3, -0.25) is 4.79 Å². The summed E-state index contributed by atoms with van der Waals surface area (Å²) in [5.41, 5.74) is 3.49. The van der Waals surface area contributed by atoms with E-state index < -0.39 is 11.6 Å². The summed E-state index contributed by atoms with van der Waals surface area (Å²) in [5.74, 6) is -0.641. The highest BCUT2D eigenvalue weighted by Crippen LogP contribution is 2.38. The Morgan fingerprint density at radius 1 is 1.11 bits per heavy atom. The van der Waals surface area contributed by atoms with Gasteiger partial charge in [-0.15, -0.1) is 5.10 Å². The Morgan fingerprint density at radius 3 is 2.84 bits per heavy atom. The smallest absolute Gasteiger partial charge is 0.259 e. The molecule has 9 nitrogen and oxygen atoms in total. The number of amides is 1. The summed E-state index contributed by atoms with van der Waals surface area (Å²) < 4.78 is 31.6. The van der Waals surface area contributed by atoms with Crippen molar-refractivity contribution in [2.24, 2.45) is 7.05 Å². The van der Waals surface area contributed by atoms with Gasteiger partial charge in [0.05, 0.1) is 23.3 Å². The third-order valence-corrected chi connectivity index (χ3v) is 6.65. The van der Waals surface area contributed by atoms with Crippen LogP contribution < -0.4 is 10.2 Å². The molecular formula is C26H22F2N8O. The summed E-state index contributed by atoms with van der Waals surface area (Å²) in [6.45, 7) is 0.691. The number of rotatable bonds is 5. The Morgan fingerprint density at radius 2 is 2.00 bits per heavy atom. The summed E-state index contributed by atoms with van der Waals surface area (Å²) in [4.78, 5) is 15.3. The summed E-state index contributed by atoms with van der Waals surface area (Å²) >= 11 is 0. The van der Waals surface area contributed by atoms with Crippen molar-refractivity contribution < 1.29 is 13.6 Å². The molecule has 0 unspecified atom stereocenters. The number of benzene rings is 2. The van der Waals surface area contributed by atoms with Crippen molar-refractivity contribution in [3.63, 3.8) is 0 Å². The molecule has 0 aliphatic carbocycles. The molecule has 1 fully saturated rings. The van der Waals surface area contributed by atoms with Gasteiger partial charge in [-0.05, 0) is 65.7 Å². The van der Waals surface area contributed by atoms with Crippen LogP contribution in [-0.4, -0.2) is 42.3 Å². The minimum Gasteiger partial charge on any atom is -0.364 e. The van der Waals surface area contributed by atoms with E-state index in [9.17, 15) is 13.6 Å². The maximum atomic E-state index is 14.6. The van der Waals surface area contributed by atoms with Gasteiger partial charge in [0.15, 0.2) is 5.82 Å². The summed E-state index contributed by atoms with van der Waals surface area (Å²) in [6, 6.07) is 14.2. The molecule has 186 valence electrons. The average molecular weight is 501 g/mol. The topological polar surface area (TPSA) is 93.2 Å². The highest BCUT2D eigenvalue weighted by atomic mass is 19.1. The molecule has 1 atom stereocenters. The van der Waals surface area contributed by atoms with Gasteiger partial charge >= 0.3 is 0 Å². The van der Waals surface area contributed by atoms with Crippen molar-refractivity contribution >= 4 is 22.8 Å². The fourth-order valence-corrected chi connectivity index (χ4v) is 4.90. The number of nitrogens with one attached hydrogen (secondary N) is 1. The van der Waals surface area contributed by atoms with E-state index in [0.717, 1.165) is 23.7 Å². The predicted molar refractivity (Wildman–Crippen MR) is 133 cm³/mol. The van der Waals surface area contributed by atoms with E-state index in [0.29, 0.717) is 41.1 Å². The minimum absolute atomic E-state index is 0.295. The molecule has 37 heavy (non-hydrogen) atoms. The molecule has 0 radical (unpaired) electrons. The van der Waals surface area contributed by atoms with Gasteiger partial charge < -0.3 is 10.2 Å². The lowest BCUT2D eigenvalue weighted by Gasteiger charge is -2.27. The monoisotopic (exact) mass is 500 g/mol. The Bertz CT molecular complexity index is 1630. The summed E-state index contributed by atoms with van der Waals surface area (Å²) in [7, 11) is 1.74. The highest BCUT2D eigenvalue weighted by molar-refractivity contribution is 6.09. The second-order valence-electron chi connectivity index (χ2n) is 8.95. The van der Waals surface area contributed by atoms with Gasteiger partial charge in [0, 0.05) is 42.3 Å². The standard InChI is InChI=1S/C26H22F2N8O/c1-34-25(31-32-33-34)16-4-2-5-18(12-16)30-26(37)21-15-29-36-11-9-19(14-24(21)36)35-10-3-6-23(35)20-13-17(27)7-8-22(20)28/h2,4-5,7-9,11-15,23H,3,6,10H2,1H3,(H,30,37)/t23-/m1/s1. The van der Waals surface area contributed by atoms with Gasteiger partial charge in [-0.25, -0.2) is 18.0 Å². The Labute approximate surface area is 210 Å². The first-order valence-electron chi connectivity index (χ1n) is 11.8. The van der Waals surface area contributed by atoms with Crippen LogP contribution in [0.1, 0.15) is 34.8 Å². The zero-order chi connectivity index (χ0) is 25.5. The van der Waals surface area contributed by atoms with Crippen LogP contribution in [0.4, 0.5) is 20.2 Å². The number of tetrazole rings is 1. The molecule has 2 aromatic carbocycles. The molecule has 0 spiro atoms. The van der Waals surface area contributed by atoms with E-state index in [1.807, 2.05) is 29.2 Å². The lowest BCUT2D eigenvalue weighted by molar-refractivity contribution is 0.102. The van der Waals surface area contributed by atoms with Crippen molar-refractivity contribution in [1.82, 2.24) is 29.8 Å². The lowest BCUT2D eigenvalue weighted by atomic mass is 10.0. The number of carbonyl (C=O) groups excluding carboxylic acids is 1. The maximum absolute atomic E-state index is 14.6. The fourth-order valence-electron chi connectivity index (χ4n) is 4.90. The zero-order valence-corrected chi connectivity index (χ0v) is 19.8. The molecule has 0 bridgehead atoms. The number of pyridine rings is 1. The molecule has 1 aliphatic heterocycles. The second-order valence-corrected chi connectivity index (χ2v) is 8.95. The Hall–Kier alpha value is -4.67. The van der Waals surface area contributed by atoms with Gasteiger partial charge in [-0.1, -0.05) is 12.1 Å². The first kappa shape index (κ1) is 22.8. The lowest BCUT2D eigenvalue weighted by Crippen LogP contribution is -2.23. The van der Waals surface area contributed by atoms with Crippen molar-refractivity contribution in [2.75, 3.05) is 16.8 Å². The van der Waals surface area contributed by atoms with Crippen LogP contribution in [0.15, 0.2) is 67.0 Å². The van der Waals surface area contributed by atoms with Gasteiger partial charge in [-0.2, -0.15) is 5.10 Å². The zero-order valence-electron chi connectivity index (χ0n) is 19.8. The fraction of sp³-hybridized carbons (Fsp3) is 0.192. The average Bonchev–Trinajstić information content (AvgIpc) is 3.64. The third-order valence-electron chi connectivity index (χ3n) is 6.65. The van der Waals surface area contributed by atoms with E-state index in [2.05, 4.69) is 25.9 Å². The number of aromatic nitrogens is 6. The maximum Gasteiger partial charge on any atom is 0.259 e. The van der Waals surface area contributed by atoms with E-state index in [1.54, 1.807) is 34.6 Å². The number of hydrogen-bond donors (Lipinski definition) is 1. The van der Waals surface area contributed by atoms with Gasteiger partial charge in [0.1, 0.15) is 11.6 Å². The normalized spacial score (nSPS) is 15.4. The second kappa shape index (κ2) is 9.08. The number of halogens is 2. The van der Waals surface area contributed by atoms with Crippen LogP contribution in [-0.2, 0) is 7.05 Å². The van der Waals surface area contributed by atoms with Crippen LogP contribution in [0.3, 0.4) is 0 Å². The van der Waals surface area contributed by atoms with Crippen LogP contribution in [0.25, 0.3) is 16.9 Å². The van der Waals surface area contributed by atoms with Crippen LogP contribution >= 0.6 is 0 Å². The van der Waals surface area contributed by atoms with E-state index in [4.69, 9.17) is 0 Å². The van der Waals surface area contributed by atoms with E-state index >= 15 is 0 Å². The number of fused-ring (bicyclic) bond motifs is 1. The van der Waals surface area contributed by atoms with Crippen molar-refractivity contribution in [1.29, 1.82) is 0 Å². The highest BCUT2D eigenvalue weighted by Gasteiger charge is 2.29. The minimum atomic E-state index is -0.465. The van der Waals surface area contributed by atoms with Crippen molar-refractivity contribution in [2.45, 2.75) is 18.9 Å². The number of hydrogen-bond acceptors (Lipinski definition) is 6. The van der Waals surface area contributed by atoms with E-state index in [-0.39, 0.29) is 11.9 Å². The number of nitrogens with zero attached hydrogens (tertiary/aromatic N) is 7. The molecule has 1 amide bonds. The molecule has 1 N–H and O–H groups in total. The Kier molecular flexibility index (Phi) is 5.59.